The molecule has 0 saturated heterocycles. The van der Waals surface area contributed by atoms with Gasteiger partial charge in [0.25, 0.3) is 0 Å². The molecule has 5 nitrogen and oxygen atoms in total. The van der Waals surface area contributed by atoms with Crippen LogP contribution in [0, 0.1) is 54.8 Å². The standard InChI is InChI=1S/C12H20O2.C12H18O2.C11H18O/c1-4-5-8-11-9-6-7-10-12(11,13-2)14-3;1-3-4-7-11-8-5-6-9-12(11)14-10(2)13;1-3-4-7-10-8-5-6-9-11(10)12-2/h1,11H,5-10H2,2-3H3;1,11-12H,4-9H2,2H3;1,10-11H,4-9H2,2H3/t11-;11-,12+;/m00./s1. The van der Waals surface area contributed by atoms with E-state index in [1.54, 1.807) is 14.2 Å². The van der Waals surface area contributed by atoms with Crippen LogP contribution < -0.4 is 0 Å². The van der Waals surface area contributed by atoms with Crippen molar-refractivity contribution in [1.29, 1.82) is 0 Å². The lowest BCUT2D eigenvalue weighted by atomic mass is 9.80. The zero-order valence-corrected chi connectivity index (χ0v) is 25.9. The second kappa shape index (κ2) is 21.7. The minimum Gasteiger partial charge on any atom is -0.462 e. The molecule has 0 heterocycles. The largest absolute Gasteiger partial charge is 0.462 e. The number of methoxy groups -OCH3 is 3. The topological polar surface area (TPSA) is 54.0 Å². The van der Waals surface area contributed by atoms with Crippen LogP contribution in [0.4, 0.5) is 0 Å². The van der Waals surface area contributed by atoms with Gasteiger partial charge in [0.1, 0.15) is 6.10 Å². The van der Waals surface area contributed by atoms with E-state index in [4.69, 9.17) is 38.2 Å². The number of terminal acetylenes is 3. The van der Waals surface area contributed by atoms with Gasteiger partial charge >= 0.3 is 5.97 Å². The van der Waals surface area contributed by atoms with Crippen LogP contribution >= 0.6 is 0 Å². The fourth-order valence-corrected chi connectivity index (χ4v) is 6.65. The predicted molar refractivity (Wildman–Crippen MR) is 163 cm³/mol. The minimum atomic E-state index is -0.366. The summed E-state index contributed by atoms with van der Waals surface area (Å²) in [6.45, 7) is 1.48. The molecule has 0 spiro atoms. The highest BCUT2D eigenvalue weighted by Crippen LogP contribution is 2.39. The van der Waals surface area contributed by atoms with E-state index >= 15 is 0 Å². The minimum absolute atomic E-state index is 0.120. The maximum absolute atomic E-state index is 10.9. The van der Waals surface area contributed by atoms with Crippen molar-refractivity contribution >= 4 is 5.97 Å². The van der Waals surface area contributed by atoms with Crippen LogP contribution in [0.3, 0.4) is 0 Å². The monoisotopic (exact) mass is 556 g/mol. The molecule has 0 amide bonds. The van der Waals surface area contributed by atoms with E-state index in [9.17, 15) is 4.79 Å². The lowest BCUT2D eigenvalue weighted by Gasteiger charge is -2.41. The van der Waals surface area contributed by atoms with Gasteiger partial charge in [-0.05, 0) is 76.0 Å². The highest BCUT2D eigenvalue weighted by atomic mass is 16.7. The zero-order chi connectivity index (χ0) is 29.6. The molecule has 0 aromatic rings. The Morgan fingerprint density at radius 2 is 1.18 bits per heavy atom. The molecule has 40 heavy (non-hydrogen) atoms. The molecule has 3 aliphatic rings. The number of rotatable bonds is 10. The first-order chi connectivity index (χ1) is 19.4. The molecule has 5 atom stereocenters. The number of ether oxygens (including phenoxy) is 4. The normalized spacial score (nSPS) is 27.2. The molecule has 3 fully saturated rings. The quantitative estimate of drug-likeness (QED) is 0.157. The SMILES string of the molecule is C#CCCC1CCCCC1OC.C#CCC[C@H]1CCCCC1(OC)OC.C#CCC[C@H]1CCCC[C@H]1OC(C)=O. The van der Waals surface area contributed by atoms with E-state index in [-0.39, 0.29) is 17.9 Å². The van der Waals surface area contributed by atoms with Crippen LogP contribution in [0.5, 0.6) is 0 Å². The lowest BCUT2D eigenvalue weighted by Crippen LogP contribution is -2.44. The Bertz CT molecular complexity index is 796. The first kappa shape index (κ1) is 36.1. The number of carbonyl (C=O) groups excluding carboxylic acids is 1. The molecule has 0 N–H and O–H groups in total. The fraction of sp³-hybridized carbons (Fsp3) is 0.800. The van der Waals surface area contributed by atoms with Gasteiger partial charge in [-0.3, -0.25) is 4.79 Å². The molecule has 2 unspecified atom stereocenters. The van der Waals surface area contributed by atoms with E-state index in [0.717, 1.165) is 63.7 Å². The van der Waals surface area contributed by atoms with Gasteiger partial charge in [-0.1, -0.05) is 25.7 Å². The van der Waals surface area contributed by atoms with Crippen molar-refractivity contribution < 1.29 is 23.7 Å². The van der Waals surface area contributed by atoms with Gasteiger partial charge < -0.3 is 18.9 Å². The van der Waals surface area contributed by atoms with Crippen molar-refractivity contribution in [3.8, 4) is 37.0 Å². The molecular weight excluding hydrogens is 500 g/mol. The zero-order valence-electron chi connectivity index (χ0n) is 25.9. The average Bonchev–Trinajstić information content (AvgIpc) is 2.99. The van der Waals surface area contributed by atoms with E-state index in [0.29, 0.717) is 17.9 Å². The summed E-state index contributed by atoms with van der Waals surface area (Å²) in [4.78, 5) is 10.9. The molecule has 0 aromatic carbocycles. The second-order valence-corrected chi connectivity index (χ2v) is 11.4. The van der Waals surface area contributed by atoms with Gasteiger partial charge in [0.05, 0.1) is 6.10 Å². The van der Waals surface area contributed by atoms with Gasteiger partial charge in [-0.25, -0.2) is 0 Å². The van der Waals surface area contributed by atoms with Gasteiger partial charge in [0.15, 0.2) is 5.79 Å². The summed E-state index contributed by atoms with van der Waals surface area (Å²) in [5, 5.41) is 0. The molecule has 0 aliphatic heterocycles. The Labute approximate surface area is 246 Å². The van der Waals surface area contributed by atoms with E-state index < -0.39 is 0 Å². The molecule has 226 valence electrons. The third-order valence-electron chi connectivity index (χ3n) is 8.90. The van der Waals surface area contributed by atoms with Gasteiger partial charge in [0, 0.05) is 59.9 Å². The molecule has 5 heteroatoms. The summed E-state index contributed by atoms with van der Waals surface area (Å²) in [5.41, 5.74) is 0. The summed E-state index contributed by atoms with van der Waals surface area (Å²) < 4.78 is 21.8. The van der Waals surface area contributed by atoms with Gasteiger partial charge in [-0.2, -0.15) is 0 Å². The van der Waals surface area contributed by atoms with Crippen LogP contribution in [0.1, 0.15) is 122 Å². The van der Waals surface area contributed by atoms with Crippen LogP contribution in [-0.2, 0) is 23.7 Å². The molecule has 3 saturated carbocycles. The van der Waals surface area contributed by atoms with Crippen molar-refractivity contribution in [2.45, 2.75) is 140 Å². The smallest absolute Gasteiger partial charge is 0.302 e. The van der Waals surface area contributed by atoms with E-state index in [1.165, 1.54) is 64.7 Å². The van der Waals surface area contributed by atoms with Crippen LogP contribution in [0.2, 0.25) is 0 Å². The van der Waals surface area contributed by atoms with Crippen molar-refractivity contribution in [2.24, 2.45) is 17.8 Å². The molecule has 0 bridgehead atoms. The van der Waals surface area contributed by atoms with Gasteiger partial charge in [0.2, 0.25) is 0 Å². The lowest BCUT2D eigenvalue weighted by molar-refractivity contribution is -0.255. The Morgan fingerprint density at radius 3 is 1.68 bits per heavy atom. The summed E-state index contributed by atoms with van der Waals surface area (Å²) in [5.74, 6) is 9.18. The van der Waals surface area contributed by atoms with E-state index in [1.807, 2.05) is 7.11 Å². The molecular formula is C35H56O5. The van der Waals surface area contributed by atoms with Crippen molar-refractivity contribution in [1.82, 2.24) is 0 Å². The number of hydrogen-bond acceptors (Lipinski definition) is 5. The third kappa shape index (κ3) is 13.1. The fourth-order valence-electron chi connectivity index (χ4n) is 6.65. The van der Waals surface area contributed by atoms with Crippen molar-refractivity contribution in [3.63, 3.8) is 0 Å². The number of esters is 1. The van der Waals surface area contributed by atoms with Gasteiger partial charge in [-0.15, -0.1) is 37.0 Å². The first-order valence-corrected chi connectivity index (χ1v) is 15.5. The Balaban J connectivity index is 0.000000301. The molecule has 0 radical (unpaired) electrons. The Kier molecular flexibility index (Phi) is 19.6. The summed E-state index contributed by atoms with van der Waals surface area (Å²) in [6, 6.07) is 0. The molecule has 0 aromatic heterocycles. The number of carbonyl (C=O) groups is 1. The molecule has 3 rings (SSSR count). The van der Waals surface area contributed by atoms with Crippen molar-refractivity contribution in [3.05, 3.63) is 0 Å². The molecule has 3 aliphatic carbocycles. The summed E-state index contributed by atoms with van der Waals surface area (Å²) in [6.07, 6.45) is 36.4. The van der Waals surface area contributed by atoms with Crippen LogP contribution in [-0.4, -0.2) is 45.3 Å². The predicted octanol–water partition coefficient (Wildman–Crippen LogP) is 7.71. The maximum atomic E-state index is 10.9. The highest BCUT2D eigenvalue weighted by Gasteiger charge is 2.40. The summed E-state index contributed by atoms with van der Waals surface area (Å²) in [7, 11) is 5.29. The number of hydrogen-bond donors (Lipinski definition) is 0. The maximum Gasteiger partial charge on any atom is 0.302 e. The Hall–Kier alpha value is -1.97. The second-order valence-electron chi connectivity index (χ2n) is 11.4. The van der Waals surface area contributed by atoms with Crippen LogP contribution in [0.15, 0.2) is 0 Å². The average molecular weight is 557 g/mol. The Morgan fingerprint density at radius 1 is 0.700 bits per heavy atom. The summed E-state index contributed by atoms with van der Waals surface area (Å²) >= 11 is 0. The van der Waals surface area contributed by atoms with E-state index in [2.05, 4.69) is 17.8 Å². The highest BCUT2D eigenvalue weighted by molar-refractivity contribution is 5.66. The first-order valence-electron chi connectivity index (χ1n) is 15.5. The van der Waals surface area contributed by atoms with Crippen LogP contribution in [0.25, 0.3) is 0 Å². The van der Waals surface area contributed by atoms with Crippen molar-refractivity contribution in [2.75, 3.05) is 21.3 Å². The third-order valence-corrected chi connectivity index (χ3v) is 8.90.